The van der Waals surface area contributed by atoms with Crippen molar-refractivity contribution in [3.63, 3.8) is 0 Å². The average molecular weight is 413 g/mol. The zero-order chi connectivity index (χ0) is 20.3. The number of amides is 1. The summed E-state index contributed by atoms with van der Waals surface area (Å²) in [7, 11) is -3.86. The molecule has 0 spiro atoms. The van der Waals surface area contributed by atoms with Crippen molar-refractivity contribution >= 4 is 33.4 Å². The zero-order valence-corrected chi connectivity index (χ0v) is 17.1. The second-order valence-electron chi connectivity index (χ2n) is 6.40. The highest BCUT2D eigenvalue weighted by atomic mass is 32.2. The number of hydrogen-bond acceptors (Lipinski definition) is 4. The second kappa shape index (κ2) is 8.18. The van der Waals surface area contributed by atoms with Gasteiger partial charge in [-0.05, 0) is 79.6 Å². The quantitative estimate of drug-likeness (QED) is 0.652. The molecule has 5 nitrogen and oxygen atoms in total. The van der Waals surface area contributed by atoms with Crippen molar-refractivity contribution in [1.29, 1.82) is 0 Å². The molecule has 3 rings (SSSR count). The Morgan fingerprint density at radius 2 is 1.57 bits per heavy atom. The number of carbonyl (C=O) groups is 1. The minimum absolute atomic E-state index is 0.0970. The highest BCUT2D eigenvalue weighted by Gasteiger charge is 2.12. The van der Waals surface area contributed by atoms with E-state index in [2.05, 4.69) is 37.4 Å². The molecule has 3 aromatic rings. The van der Waals surface area contributed by atoms with Gasteiger partial charge in [0.25, 0.3) is 5.91 Å². The lowest BCUT2D eigenvalue weighted by Crippen LogP contribution is -2.15. The van der Waals surface area contributed by atoms with Gasteiger partial charge in [-0.3, -0.25) is 4.79 Å². The predicted octanol–water partition coefficient (Wildman–Crippen LogP) is 4.35. The van der Waals surface area contributed by atoms with E-state index in [1.54, 1.807) is 11.8 Å². The lowest BCUT2D eigenvalue weighted by molar-refractivity contribution is 0.102. The van der Waals surface area contributed by atoms with Crippen molar-refractivity contribution in [2.24, 2.45) is 5.14 Å². The van der Waals surface area contributed by atoms with Gasteiger partial charge in [0.1, 0.15) is 0 Å². The molecule has 7 heteroatoms. The third-order valence-electron chi connectivity index (χ3n) is 4.25. The maximum atomic E-state index is 12.4. The van der Waals surface area contributed by atoms with Gasteiger partial charge in [0.15, 0.2) is 0 Å². The number of carbonyl (C=O) groups excluding carboxylic acids is 1. The predicted molar refractivity (Wildman–Crippen MR) is 112 cm³/mol. The summed E-state index contributed by atoms with van der Waals surface area (Å²) in [5.74, 6) is -0.403. The normalized spacial score (nSPS) is 11.2. The molecule has 0 aliphatic carbocycles. The molecule has 1 amide bonds. The molecular weight excluding hydrogens is 392 g/mol. The molecule has 0 radical (unpaired) electrons. The monoisotopic (exact) mass is 412 g/mol. The molecule has 0 aliphatic rings. The molecule has 0 aliphatic heterocycles. The lowest BCUT2D eigenvalue weighted by atomic mass is 10.1. The molecule has 0 heterocycles. The number of nitrogens with two attached hydrogens (primary N) is 1. The minimum Gasteiger partial charge on any atom is -0.322 e. The fourth-order valence-corrected chi connectivity index (χ4v) is 4.01. The average Bonchev–Trinajstić information content (AvgIpc) is 2.66. The standard InChI is InChI=1S/C21H20N2O3S2/c1-14-6-9-19(12-15(14)2)27-18-10-7-17(8-11-18)23-21(24)16-4-3-5-20(13-16)28(22,25)26/h3-13H,1-2H3,(H,23,24)(H2,22,25,26). The van der Waals surface area contributed by atoms with Gasteiger partial charge >= 0.3 is 0 Å². The zero-order valence-electron chi connectivity index (χ0n) is 15.5. The summed E-state index contributed by atoms with van der Waals surface area (Å²) in [6, 6.07) is 19.4. The summed E-state index contributed by atoms with van der Waals surface area (Å²) in [6.07, 6.45) is 0. The van der Waals surface area contributed by atoms with E-state index < -0.39 is 15.9 Å². The van der Waals surface area contributed by atoms with E-state index in [9.17, 15) is 13.2 Å². The summed E-state index contributed by atoms with van der Waals surface area (Å²) < 4.78 is 22.9. The third kappa shape index (κ3) is 5.01. The van der Waals surface area contributed by atoms with E-state index in [4.69, 9.17) is 5.14 Å². The van der Waals surface area contributed by atoms with Gasteiger partial charge in [-0.2, -0.15) is 0 Å². The van der Waals surface area contributed by atoms with Crippen LogP contribution in [0, 0.1) is 13.8 Å². The number of rotatable bonds is 5. The van der Waals surface area contributed by atoms with E-state index in [0.717, 1.165) is 9.79 Å². The van der Waals surface area contributed by atoms with Crippen molar-refractivity contribution in [3.8, 4) is 0 Å². The maximum absolute atomic E-state index is 12.4. The van der Waals surface area contributed by atoms with E-state index in [0.29, 0.717) is 5.69 Å². The van der Waals surface area contributed by atoms with E-state index >= 15 is 0 Å². The molecule has 3 N–H and O–H groups in total. The molecule has 0 fully saturated rings. The van der Waals surface area contributed by atoms with E-state index in [1.807, 2.05) is 24.3 Å². The first kappa shape index (κ1) is 20.1. The van der Waals surface area contributed by atoms with Crippen LogP contribution in [0.3, 0.4) is 0 Å². The highest BCUT2D eigenvalue weighted by Crippen LogP contribution is 2.30. The van der Waals surface area contributed by atoms with E-state index in [-0.39, 0.29) is 10.5 Å². The Hall–Kier alpha value is -2.61. The first-order valence-corrected chi connectivity index (χ1v) is 10.9. The summed E-state index contributed by atoms with van der Waals surface area (Å²) in [5, 5.41) is 7.87. The number of sulfonamides is 1. The summed E-state index contributed by atoms with van der Waals surface area (Å²) in [4.78, 5) is 14.5. The Morgan fingerprint density at radius 1 is 0.893 bits per heavy atom. The topological polar surface area (TPSA) is 89.3 Å². The van der Waals surface area contributed by atoms with Gasteiger partial charge in [-0.25, -0.2) is 13.6 Å². The Bertz CT molecular complexity index is 1120. The van der Waals surface area contributed by atoms with Crippen LogP contribution in [0.2, 0.25) is 0 Å². The molecule has 0 saturated carbocycles. The van der Waals surface area contributed by atoms with Crippen molar-refractivity contribution in [2.75, 3.05) is 5.32 Å². The minimum atomic E-state index is -3.86. The number of anilines is 1. The highest BCUT2D eigenvalue weighted by molar-refractivity contribution is 7.99. The summed E-state index contributed by atoms with van der Waals surface area (Å²) >= 11 is 1.65. The lowest BCUT2D eigenvalue weighted by Gasteiger charge is -2.08. The molecule has 3 aromatic carbocycles. The van der Waals surface area contributed by atoms with Crippen molar-refractivity contribution in [1.82, 2.24) is 0 Å². The Balaban J connectivity index is 1.70. The number of nitrogens with one attached hydrogen (secondary N) is 1. The van der Waals surface area contributed by atoms with E-state index in [1.165, 1.54) is 35.4 Å². The maximum Gasteiger partial charge on any atom is 0.255 e. The fourth-order valence-electron chi connectivity index (χ4n) is 2.54. The van der Waals surface area contributed by atoms with Crippen molar-refractivity contribution in [3.05, 3.63) is 83.4 Å². The number of primary sulfonamides is 1. The van der Waals surface area contributed by atoms with Crippen LogP contribution in [0.15, 0.2) is 81.4 Å². The molecule has 28 heavy (non-hydrogen) atoms. The molecule has 0 unspecified atom stereocenters. The Labute approximate surface area is 169 Å². The van der Waals surface area contributed by atoms with Crippen LogP contribution in [0.5, 0.6) is 0 Å². The number of aryl methyl sites for hydroxylation is 2. The number of benzene rings is 3. The second-order valence-corrected chi connectivity index (χ2v) is 9.11. The van der Waals surface area contributed by atoms with Gasteiger partial charge < -0.3 is 5.32 Å². The number of hydrogen-bond donors (Lipinski definition) is 2. The van der Waals surface area contributed by atoms with Gasteiger partial charge in [-0.15, -0.1) is 0 Å². The van der Waals surface area contributed by atoms with Crippen molar-refractivity contribution in [2.45, 2.75) is 28.5 Å². The molecule has 0 bridgehead atoms. The third-order valence-corrected chi connectivity index (χ3v) is 6.16. The van der Waals surface area contributed by atoms with Crippen LogP contribution >= 0.6 is 11.8 Å². The molecule has 144 valence electrons. The van der Waals surface area contributed by atoms with Crippen LogP contribution in [0.1, 0.15) is 21.5 Å². The van der Waals surface area contributed by atoms with Crippen molar-refractivity contribution < 1.29 is 13.2 Å². The first-order valence-electron chi connectivity index (χ1n) is 8.52. The van der Waals surface area contributed by atoms with Crippen LogP contribution in [-0.2, 0) is 10.0 Å². The first-order chi connectivity index (χ1) is 13.2. The Kier molecular flexibility index (Phi) is 5.88. The van der Waals surface area contributed by atoms with Gasteiger partial charge in [0.2, 0.25) is 10.0 Å². The summed E-state index contributed by atoms with van der Waals surface area (Å²) in [6.45, 7) is 4.17. The molecule has 0 atom stereocenters. The van der Waals surface area contributed by atoms with Crippen LogP contribution in [0.4, 0.5) is 5.69 Å². The SMILES string of the molecule is Cc1ccc(Sc2ccc(NC(=O)c3cccc(S(N)(=O)=O)c3)cc2)cc1C. The largest absolute Gasteiger partial charge is 0.322 e. The smallest absolute Gasteiger partial charge is 0.255 e. The van der Waals surface area contributed by atoms with Gasteiger partial charge in [-0.1, -0.05) is 23.9 Å². The molecule has 0 aromatic heterocycles. The van der Waals surface area contributed by atoms with Crippen LogP contribution in [-0.4, -0.2) is 14.3 Å². The van der Waals surface area contributed by atoms with Crippen LogP contribution < -0.4 is 10.5 Å². The van der Waals surface area contributed by atoms with Gasteiger partial charge in [0, 0.05) is 21.0 Å². The summed E-state index contributed by atoms with van der Waals surface area (Å²) in [5.41, 5.74) is 3.35. The molecule has 0 saturated heterocycles. The van der Waals surface area contributed by atoms with Gasteiger partial charge in [0.05, 0.1) is 4.90 Å². The fraction of sp³-hybridized carbons (Fsp3) is 0.0952. The molecular formula is C21H20N2O3S2. The van der Waals surface area contributed by atoms with Crippen LogP contribution in [0.25, 0.3) is 0 Å². The Morgan fingerprint density at radius 3 is 2.21 bits per heavy atom.